The van der Waals surface area contributed by atoms with Crippen molar-refractivity contribution < 1.29 is 5.11 Å². The van der Waals surface area contributed by atoms with Gasteiger partial charge < -0.3 is 10.8 Å². The van der Waals surface area contributed by atoms with Gasteiger partial charge >= 0.3 is 0 Å². The van der Waals surface area contributed by atoms with Crippen LogP contribution < -0.4 is 5.73 Å². The number of pyridine rings is 1. The van der Waals surface area contributed by atoms with Crippen LogP contribution in [0.5, 0.6) is 0 Å². The summed E-state index contributed by atoms with van der Waals surface area (Å²) in [6.45, 7) is 4.79. The van der Waals surface area contributed by atoms with Crippen LogP contribution in [0.1, 0.15) is 25.3 Å². The van der Waals surface area contributed by atoms with Crippen LogP contribution in [0.25, 0.3) is 0 Å². The van der Waals surface area contributed by atoms with Gasteiger partial charge in [-0.15, -0.1) is 0 Å². The molecule has 0 aliphatic rings. The van der Waals surface area contributed by atoms with E-state index in [4.69, 9.17) is 10.8 Å². The summed E-state index contributed by atoms with van der Waals surface area (Å²) in [4.78, 5) is 6.27. The molecule has 16 heavy (non-hydrogen) atoms. The van der Waals surface area contributed by atoms with Crippen LogP contribution in [-0.2, 0) is 6.54 Å². The number of aliphatic hydroxyl groups is 1. The van der Waals surface area contributed by atoms with Crippen molar-refractivity contribution >= 4 is 5.82 Å². The molecule has 1 aromatic rings. The molecule has 0 amide bonds. The highest BCUT2D eigenvalue weighted by molar-refractivity contribution is 5.38. The highest BCUT2D eigenvalue weighted by atomic mass is 16.3. The summed E-state index contributed by atoms with van der Waals surface area (Å²) in [5.74, 6) is 0.585. The van der Waals surface area contributed by atoms with Gasteiger partial charge in [-0.3, -0.25) is 4.90 Å². The van der Waals surface area contributed by atoms with Crippen LogP contribution in [-0.4, -0.2) is 34.7 Å². The van der Waals surface area contributed by atoms with Gasteiger partial charge in [-0.2, -0.15) is 0 Å². The zero-order valence-electron chi connectivity index (χ0n) is 9.89. The molecule has 0 fully saturated rings. The van der Waals surface area contributed by atoms with Gasteiger partial charge in [0.15, 0.2) is 0 Å². The summed E-state index contributed by atoms with van der Waals surface area (Å²) in [5, 5.41) is 8.99. The molecular weight excluding hydrogens is 202 g/mol. The van der Waals surface area contributed by atoms with E-state index in [1.807, 2.05) is 12.1 Å². The first-order chi connectivity index (χ1) is 7.77. The van der Waals surface area contributed by atoms with Gasteiger partial charge in [-0.1, -0.05) is 19.4 Å². The highest BCUT2D eigenvalue weighted by Crippen LogP contribution is 2.10. The zero-order valence-corrected chi connectivity index (χ0v) is 9.89. The fraction of sp³-hybridized carbons (Fsp3) is 0.583. The lowest BCUT2D eigenvalue weighted by Crippen LogP contribution is -2.28. The minimum Gasteiger partial charge on any atom is -0.395 e. The SMILES string of the molecule is CCCCN(CCO)Cc1cccnc1N. The molecule has 0 saturated heterocycles. The summed E-state index contributed by atoms with van der Waals surface area (Å²) < 4.78 is 0. The molecule has 0 atom stereocenters. The lowest BCUT2D eigenvalue weighted by molar-refractivity contribution is 0.188. The van der Waals surface area contributed by atoms with Crippen molar-refractivity contribution in [1.29, 1.82) is 0 Å². The van der Waals surface area contributed by atoms with E-state index < -0.39 is 0 Å². The predicted octanol–water partition coefficient (Wildman–Crippen LogP) is 1.26. The van der Waals surface area contributed by atoms with E-state index in [2.05, 4.69) is 16.8 Å². The Morgan fingerprint density at radius 2 is 2.25 bits per heavy atom. The maximum Gasteiger partial charge on any atom is 0.127 e. The molecule has 0 spiro atoms. The third-order valence-electron chi connectivity index (χ3n) is 2.56. The van der Waals surface area contributed by atoms with Crippen molar-refractivity contribution in [1.82, 2.24) is 9.88 Å². The van der Waals surface area contributed by atoms with E-state index in [0.717, 1.165) is 31.5 Å². The smallest absolute Gasteiger partial charge is 0.127 e. The van der Waals surface area contributed by atoms with E-state index in [-0.39, 0.29) is 6.61 Å². The summed E-state index contributed by atoms with van der Waals surface area (Å²) in [5.41, 5.74) is 6.83. The predicted molar refractivity (Wildman–Crippen MR) is 65.9 cm³/mol. The van der Waals surface area contributed by atoms with Gasteiger partial charge in [0, 0.05) is 24.8 Å². The summed E-state index contributed by atoms with van der Waals surface area (Å²) in [6.07, 6.45) is 3.99. The monoisotopic (exact) mass is 223 g/mol. The van der Waals surface area contributed by atoms with Crippen LogP contribution in [0.4, 0.5) is 5.82 Å². The molecule has 1 rings (SSSR count). The van der Waals surface area contributed by atoms with E-state index >= 15 is 0 Å². The van der Waals surface area contributed by atoms with Crippen LogP contribution in [0.2, 0.25) is 0 Å². The van der Waals surface area contributed by atoms with Crippen molar-refractivity contribution in [2.75, 3.05) is 25.4 Å². The number of hydrogen-bond donors (Lipinski definition) is 2. The van der Waals surface area contributed by atoms with Crippen molar-refractivity contribution in [3.05, 3.63) is 23.9 Å². The largest absolute Gasteiger partial charge is 0.395 e. The molecule has 90 valence electrons. The van der Waals surface area contributed by atoms with E-state index in [1.165, 1.54) is 0 Å². The average molecular weight is 223 g/mol. The van der Waals surface area contributed by atoms with Gasteiger partial charge in [-0.25, -0.2) is 4.98 Å². The van der Waals surface area contributed by atoms with Crippen molar-refractivity contribution in [3.8, 4) is 0 Å². The van der Waals surface area contributed by atoms with Gasteiger partial charge in [0.1, 0.15) is 5.82 Å². The number of anilines is 1. The van der Waals surface area contributed by atoms with Crippen LogP contribution in [0.3, 0.4) is 0 Å². The third-order valence-corrected chi connectivity index (χ3v) is 2.56. The molecule has 1 aromatic heterocycles. The third kappa shape index (κ3) is 4.16. The first-order valence-electron chi connectivity index (χ1n) is 5.80. The summed E-state index contributed by atoms with van der Waals surface area (Å²) >= 11 is 0. The molecule has 0 saturated carbocycles. The fourth-order valence-corrected chi connectivity index (χ4v) is 1.62. The molecule has 1 heterocycles. The Bertz CT molecular complexity index is 304. The number of aromatic nitrogens is 1. The maximum absolute atomic E-state index is 8.99. The lowest BCUT2D eigenvalue weighted by Gasteiger charge is -2.21. The van der Waals surface area contributed by atoms with Gasteiger partial charge in [0.25, 0.3) is 0 Å². The van der Waals surface area contributed by atoms with Gasteiger partial charge in [0.2, 0.25) is 0 Å². The Hall–Kier alpha value is -1.13. The number of nitrogens with two attached hydrogens (primary N) is 1. The van der Waals surface area contributed by atoms with E-state index in [0.29, 0.717) is 12.4 Å². The standard InChI is InChI=1S/C12H21N3O/c1-2-3-7-15(8-9-16)10-11-5-4-6-14-12(11)13/h4-6,16H,2-3,7-10H2,1H3,(H2,13,14). The molecule has 0 aliphatic carbocycles. The zero-order chi connectivity index (χ0) is 11.8. The summed E-state index contributed by atoms with van der Waals surface area (Å²) in [7, 11) is 0. The molecule has 4 nitrogen and oxygen atoms in total. The topological polar surface area (TPSA) is 62.4 Å². The number of unbranched alkanes of at least 4 members (excludes halogenated alkanes) is 1. The van der Waals surface area contributed by atoms with Crippen LogP contribution >= 0.6 is 0 Å². The second kappa shape index (κ2) is 7.19. The Balaban J connectivity index is 2.56. The molecule has 0 bridgehead atoms. The highest BCUT2D eigenvalue weighted by Gasteiger charge is 2.07. The lowest BCUT2D eigenvalue weighted by atomic mass is 10.2. The molecular formula is C12H21N3O. The Morgan fingerprint density at radius 1 is 1.44 bits per heavy atom. The number of nitrogen functional groups attached to an aromatic ring is 1. The first-order valence-corrected chi connectivity index (χ1v) is 5.80. The molecule has 3 N–H and O–H groups in total. The van der Waals surface area contributed by atoms with Crippen LogP contribution in [0.15, 0.2) is 18.3 Å². The van der Waals surface area contributed by atoms with Gasteiger partial charge in [0.05, 0.1) is 6.61 Å². The van der Waals surface area contributed by atoms with Gasteiger partial charge in [-0.05, 0) is 19.0 Å². The Morgan fingerprint density at radius 3 is 2.88 bits per heavy atom. The molecule has 0 unspecified atom stereocenters. The minimum atomic E-state index is 0.184. The van der Waals surface area contributed by atoms with Crippen molar-refractivity contribution in [2.45, 2.75) is 26.3 Å². The molecule has 0 aromatic carbocycles. The molecule has 0 aliphatic heterocycles. The Labute approximate surface area is 97.1 Å². The minimum absolute atomic E-state index is 0.184. The number of nitrogens with zero attached hydrogens (tertiary/aromatic N) is 2. The fourth-order valence-electron chi connectivity index (χ4n) is 1.62. The maximum atomic E-state index is 8.99. The second-order valence-electron chi connectivity index (χ2n) is 3.90. The number of rotatable bonds is 7. The quantitative estimate of drug-likeness (QED) is 0.730. The number of hydrogen-bond acceptors (Lipinski definition) is 4. The Kier molecular flexibility index (Phi) is 5.82. The van der Waals surface area contributed by atoms with Crippen molar-refractivity contribution in [3.63, 3.8) is 0 Å². The average Bonchev–Trinajstić information content (AvgIpc) is 2.29. The van der Waals surface area contributed by atoms with E-state index in [9.17, 15) is 0 Å². The second-order valence-corrected chi connectivity index (χ2v) is 3.90. The molecule has 4 heteroatoms. The van der Waals surface area contributed by atoms with Crippen LogP contribution in [0, 0.1) is 0 Å². The van der Waals surface area contributed by atoms with E-state index in [1.54, 1.807) is 6.20 Å². The summed E-state index contributed by atoms with van der Waals surface area (Å²) in [6, 6.07) is 3.88. The first kappa shape index (κ1) is 12.9. The van der Waals surface area contributed by atoms with Crippen molar-refractivity contribution in [2.24, 2.45) is 0 Å². The number of aliphatic hydroxyl groups excluding tert-OH is 1. The normalized spacial score (nSPS) is 10.9. The molecule has 0 radical (unpaired) electrons.